The summed E-state index contributed by atoms with van der Waals surface area (Å²) in [4.78, 5) is 38.4. The lowest BCUT2D eigenvalue weighted by molar-refractivity contribution is -0.129. The van der Waals surface area contributed by atoms with Crippen LogP contribution < -0.4 is 10.9 Å². The first-order valence-electron chi connectivity index (χ1n) is 8.62. The van der Waals surface area contributed by atoms with E-state index in [-0.39, 0.29) is 24.1 Å². The molecule has 2 N–H and O–H groups in total. The number of nitrogens with one attached hydrogen (secondary N) is 2. The topological polar surface area (TPSA) is 78.5 Å². The van der Waals surface area contributed by atoms with Crippen molar-refractivity contribution in [3.8, 4) is 0 Å². The molecule has 0 radical (unpaired) electrons. The maximum atomic E-state index is 12.3. The Labute approximate surface area is 171 Å². The van der Waals surface area contributed by atoms with Crippen molar-refractivity contribution in [2.24, 2.45) is 5.92 Å². The lowest BCUT2D eigenvalue weighted by atomic mass is 10.1. The van der Waals surface area contributed by atoms with Crippen LogP contribution >= 0.6 is 22.6 Å². The normalized spacial score (nSPS) is 16.3. The van der Waals surface area contributed by atoms with E-state index in [9.17, 15) is 14.4 Å². The summed E-state index contributed by atoms with van der Waals surface area (Å²) >= 11 is 2.16. The molecule has 6 nitrogen and oxygen atoms in total. The molecule has 0 aromatic heterocycles. The second kappa shape index (κ2) is 8.51. The van der Waals surface area contributed by atoms with Crippen LogP contribution in [0.1, 0.15) is 27.9 Å². The van der Waals surface area contributed by atoms with Gasteiger partial charge in [0, 0.05) is 28.6 Å². The molecule has 27 heavy (non-hydrogen) atoms. The Bertz CT molecular complexity index is 870. The van der Waals surface area contributed by atoms with E-state index >= 15 is 0 Å². The van der Waals surface area contributed by atoms with Gasteiger partial charge in [0.05, 0.1) is 5.92 Å². The number of aryl methyl sites for hydroxylation is 1. The van der Waals surface area contributed by atoms with E-state index in [0.29, 0.717) is 18.7 Å². The zero-order valence-corrected chi connectivity index (χ0v) is 17.0. The Morgan fingerprint density at radius 2 is 1.89 bits per heavy atom. The summed E-state index contributed by atoms with van der Waals surface area (Å²) in [5, 5.41) is 0. The third-order valence-electron chi connectivity index (χ3n) is 4.53. The van der Waals surface area contributed by atoms with Crippen LogP contribution in [0.5, 0.6) is 0 Å². The molecule has 2 aromatic rings. The third kappa shape index (κ3) is 4.85. The monoisotopic (exact) mass is 477 g/mol. The van der Waals surface area contributed by atoms with Crippen LogP contribution in [0.3, 0.4) is 0 Å². The Morgan fingerprint density at radius 3 is 2.59 bits per heavy atom. The summed E-state index contributed by atoms with van der Waals surface area (Å²) < 4.78 is 0.976. The van der Waals surface area contributed by atoms with Crippen molar-refractivity contribution < 1.29 is 14.4 Å². The van der Waals surface area contributed by atoms with Gasteiger partial charge in [-0.1, -0.05) is 36.4 Å². The zero-order chi connectivity index (χ0) is 19.4. The van der Waals surface area contributed by atoms with E-state index in [1.54, 1.807) is 17.0 Å². The van der Waals surface area contributed by atoms with Crippen LogP contribution in [0.15, 0.2) is 48.5 Å². The Hall–Kier alpha value is -2.42. The highest BCUT2D eigenvalue weighted by Gasteiger charge is 2.34. The number of carbonyl (C=O) groups excluding carboxylic acids is 3. The number of hydrogen-bond donors (Lipinski definition) is 2. The molecule has 7 heteroatoms. The first-order chi connectivity index (χ1) is 12.9. The summed E-state index contributed by atoms with van der Waals surface area (Å²) in [5.41, 5.74) is 7.45. The molecular formula is C20H20IN3O3. The van der Waals surface area contributed by atoms with Gasteiger partial charge >= 0.3 is 0 Å². The smallest absolute Gasteiger partial charge is 0.269 e. The van der Waals surface area contributed by atoms with Gasteiger partial charge in [-0.25, -0.2) is 0 Å². The average Bonchev–Trinajstić information content (AvgIpc) is 3.03. The first kappa shape index (κ1) is 19.3. The van der Waals surface area contributed by atoms with Crippen molar-refractivity contribution in [2.75, 3.05) is 6.54 Å². The van der Waals surface area contributed by atoms with Crippen molar-refractivity contribution in [1.29, 1.82) is 0 Å². The maximum Gasteiger partial charge on any atom is 0.269 e. The Morgan fingerprint density at radius 1 is 1.15 bits per heavy atom. The minimum Gasteiger partial charge on any atom is -0.338 e. The van der Waals surface area contributed by atoms with Gasteiger partial charge in [0.15, 0.2) is 0 Å². The minimum absolute atomic E-state index is 0.0570. The van der Waals surface area contributed by atoms with Crippen LogP contribution in [-0.2, 0) is 16.1 Å². The molecule has 0 spiro atoms. The number of halogens is 1. The van der Waals surface area contributed by atoms with Crippen molar-refractivity contribution in [3.63, 3.8) is 0 Å². The number of hydrazine groups is 1. The van der Waals surface area contributed by atoms with E-state index in [4.69, 9.17) is 0 Å². The molecule has 1 aliphatic heterocycles. The van der Waals surface area contributed by atoms with E-state index in [2.05, 4.69) is 33.4 Å². The fourth-order valence-electron chi connectivity index (χ4n) is 2.93. The summed E-state index contributed by atoms with van der Waals surface area (Å²) in [7, 11) is 0. The van der Waals surface area contributed by atoms with E-state index in [0.717, 1.165) is 14.7 Å². The summed E-state index contributed by atoms with van der Waals surface area (Å²) in [6.07, 6.45) is 0.150. The molecule has 1 fully saturated rings. The molecule has 2 aromatic carbocycles. The average molecular weight is 477 g/mol. The molecule has 1 aliphatic rings. The van der Waals surface area contributed by atoms with Gasteiger partial charge in [0.1, 0.15) is 0 Å². The van der Waals surface area contributed by atoms with Gasteiger partial charge in [-0.2, -0.15) is 0 Å². The van der Waals surface area contributed by atoms with E-state index in [1.165, 1.54) is 0 Å². The molecule has 1 atom stereocenters. The molecule has 0 aliphatic carbocycles. The molecule has 0 bridgehead atoms. The number of nitrogens with zero attached hydrogens (tertiary/aromatic N) is 1. The molecule has 140 valence electrons. The fraction of sp³-hybridized carbons (Fsp3) is 0.250. The van der Waals surface area contributed by atoms with Crippen molar-refractivity contribution in [1.82, 2.24) is 15.8 Å². The first-order valence-corrected chi connectivity index (χ1v) is 9.70. The highest BCUT2D eigenvalue weighted by Crippen LogP contribution is 2.20. The lowest BCUT2D eigenvalue weighted by Gasteiger charge is -2.16. The van der Waals surface area contributed by atoms with E-state index < -0.39 is 5.92 Å². The van der Waals surface area contributed by atoms with Crippen LogP contribution in [0.4, 0.5) is 0 Å². The predicted molar refractivity (Wildman–Crippen MR) is 109 cm³/mol. The van der Waals surface area contributed by atoms with Gasteiger partial charge in [-0.3, -0.25) is 25.2 Å². The summed E-state index contributed by atoms with van der Waals surface area (Å²) in [5.74, 6) is -1.26. The lowest BCUT2D eigenvalue weighted by Crippen LogP contribution is -2.45. The van der Waals surface area contributed by atoms with Crippen molar-refractivity contribution >= 4 is 40.3 Å². The molecule has 3 amide bonds. The number of hydrogen-bond acceptors (Lipinski definition) is 3. The molecule has 0 saturated carbocycles. The van der Waals surface area contributed by atoms with Crippen molar-refractivity contribution in [2.45, 2.75) is 19.9 Å². The zero-order valence-electron chi connectivity index (χ0n) is 14.9. The highest BCUT2D eigenvalue weighted by molar-refractivity contribution is 14.1. The third-order valence-corrected chi connectivity index (χ3v) is 5.70. The van der Waals surface area contributed by atoms with Crippen LogP contribution in [0.25, 0.3) is 0 Å². The number of amides is 3. The molecule has 1 unspecified atom stereocenters. The second-order valence-electron chi connectivity index (χ2n) is 6.57. The molecule has 3 rings (SSSR count). The van der Waals surface area contributed by atoms with Gasteiger partial charge < -0.3 is 4.90 Å². The number of carbonyl (C=O) groups is 3. The maximum absolute atomic E-state index is 12.3. The second-order valence-corrected chi connectivity index (χ2v) is 7.73. The fourth-order valence-corrected chi connectivity index (χ4v) is 3.45. The summed E-state index contributed by atoms with van der Waals surface area (Å²) in [6.45, 7) is 2.79. The van der Waals surface area contributed by atoms with Crippen molar-refractivity contribution in [3.05, 3.63) is 68.8 Å². The highest BCUT2D eigenvalue weighted by atomic mass is 127. The summed E-state index contributed by atoms with van der Waals surface area (Å²) in [6, 6.07) is 15.0. The molecular weight excluding hydrogens is 457 g/mol. The number of benzene rings is 2. The predicted octanol–water partition coefficient (Wildman–Crippen LogP) is 2.41. The standard InChI is InChI=1S/C20H20IN3O3/c1-13-7-8-15(9-17(13)21)19(26)22-23-20(27)16-10-18(25)24(12-16)11-14-5-3-2-4-6-14/h2-9,16H,10-12H2,1H3,(H,22,26)(H,23,27). The van der Waals surface area contributed by atoms with Gasteiger partial charge in [0.25, 0.3) is 5.91 Å². The minimum atomic E-state index is -0.473. The van der Waals surface area contributed by atoms with Crippen LogP contribution in [0, 0.1) is 16.4 Å². The van der Waals surface area contributed by atoms with Crippen LogP contribution in [0.2, 0.25) is 0 Å². The van der Waals surface area contributed by atoms with Gasteiger partial charge in [0.2, 0.25) is 11.8 Å². The quantitative estimate of drug-likeness (QED) is 0.525. The number of likely N-dealkylation sites (tertiary alicyclic amines) is 1. The van der Waals surface area contributed by atoms with Crippen LogP contribution in [-0.4, -0.2) is 29.2 Å². The largest absolute Gasteiger partial charge is 0.338 e. The Kier molecular flexibility index (Phi) is 6.10. The SMILES string of the molecule is Cc1ccc(C(=O)NNC(=O)C2CC(=O)N(Cc3ccccc3)C2)cc1I. The van der Waals surface area contributed by atoms with Gasteiger partial charge in [-0.15, -0.1) is 0 Å². The molecule has 1 heterocycles. The Balaban J connectivity index is 1.53. The van der Waals surface area contributed by atoms with Gasteiger partial charge in [-0.05, 0) is 52.8 Å². The van der Waals surface area contributed by atoms with E-state index in [1.807, 2.05) is 43.3 Å². The molecule has 1 saturated heterocycles. The number of rotatable bonds is 4.